The lowest BCUT2D eigenvalue weighted by molar-refractivity contribution is 0.0468. The number of hydrogen-bond acceptors (Lipinski definition) is 2. The highest BCUT2D eigenvalue weighted by Crippen LogP contribution is 2.41. The topological polar surface area (TPSA) is 42.2 Å². The van der Waals surface area contributed by atoms with E-state index in [0.717, 1.165) is 18.4 Å². The molecule has 1 aromatic heterocycles. The summed E-state index contributed by atoms with van der Waals surface area (Å²) in [6.45, 7) is 6.29. The van der Waals surface area contributed by atoms with E-state index >= 15 is 0 Å². The molecule has 0 spiro atoms. The number of hydrogen-bond donors (Lipinski definition) is 1. The van der Waals surface area contributed by atoms with Crippen molar-refractivity contribution in [1.82, 2.24) is 4.57 Å². The number of rotatable bonds is 2. The van der Waals surface area contributed by atoms with Crippen molar-refractivity contribution in [3.05, 3.63) is 33.7 Å². The molecule has 1 N–H and O–H groups in total. The molecule has 2 aliphatic rings. The van der Waals surface area contributed by atoms with E-state index in [1.54, 1.807) is 0 Å². The zero-order valence-corrected chi connectivity index (χ0v) is 12.0. The van der Waals surface area contributed by atoms with E-state index in [4.69, 9.17) is 0 Å². The van der Waals surface area contributed by atoms with Gasteiger partial charge in [-0.15, -0.1) is 0 Å². The van der Waals surface area contributed by atoms with Crippen LogP contribution in [0, 0.1) is 0 Å². The van der Waals surface area contributed by atoms with Gasteiger partial charge >= 0.3 is 0 Å². The molecule has 0 aliphatic heterocycles. The van der Waals surface area contributed by atoms with Crippen LogP contribution in [-0.4, -0.2) is 15.8 Å². The van der Waals surface area contributed by atoms with Gasteiger partial charge < -0.3 is 9.67 Å². The lowest BCUT2D eigenvalue weighted by Crippen LogP contribution is -2.39. The highest BCUT2D eigenvalue weighted by Gasteiger charge is 2.33. The molecule has 1 heterocycles. The first kappa shape index (κ1) is 12.9. The molecular formula is C16H23NO2. The molecule has 2 saturated carbocycles. The lowest BCUT2D eigenvalue weighted by atomic mass is 9.85. The van der Waals surface area contributed by atoms with Crippen molar-refractivity contribution in [3.8, 4) is 0 Å². The van der Waals surface area contributed by atoms with E-state index in [9.17, 15) is 9.90 Å². The van der Waals surface area contributed by atoms with Crippen LogP contribution < -0.4 is 5.56 Å². The standard InChI is InChI=1S/C16H23NO2/c1-16(2,3)14-6-11(10-4-5-10)9-17(15(14)19)12-7-13(18)8-12/h6,9-10,12-13,18H,4-5,7-8H2,1-3H3. The molecule has 0 amide bonds. The third kappa shape index (κ3) is 2.36. The van der Waals surface area contributed by atoms with Crippen molar-refractivity contribution < 1.29 is 5.11 Å². The fourth-order valence-electron chi connectivity index (χ4n) is 2.86. The Bertz CT molecular complexity index is 543. The largest absolute Gasteiger partial charge is 0.393 e. The molecule has 3 heteroatoms. The zero-order chi connectivity index (χ0) is 13.8. The minimum atomic E-state index is -0.223. The van der Waals surface area contributed by atoms with Gasteiger partial charge in [0.15, 0.2) is 0 Å². The second-order valence-corrected chi connectivity index (χ2v) is 7.20. The van der Waals surface area contributed by atoms with E-state index in [2.05, 4.69) is 26.8 Å². The van der Waals surface area contributed by atoms with E-state index < -0.39 is 0 Å². The van der Waals surface area contributed by atoms with Crippen molar-refractivity contribution in [1.29, 1.82) is 0 Å². The average molecular weight is 261 g/mol. The van der Waals surface area contributed by atoms with Gasteiger partial charge in [-0.3, -0.25) is 4.79 Å². The Kier molecular flexibility index (Phi) is 2.86. The third-order valence-electron chi connectivity index (χ3n) is 4.40. The van der Waals surface area contributed by atoms with Crippen molar-refractivity contribution in [2.24, 2.45) is 0 Å². The summed E-state index contributed by atoms with van der Waals surface area (Å²) in [4.78, 5) is 12.6. The molecule has 0 aromatic carbocycles. The van der Waals surface area contributed by atoms with Gasteiger partial charge in [0.2, 0.25) is 0 Å². The minimum absolute atomic E-state index is 0.119. The van der Waals surface area contributed by atoms with Crippen LogP contribution in [0.25, 0.3) is 0 Å². The van der Waals surface area contributed by atoms with Crippen LogP contribution in [0.4, 0.5) is 0 Å². The normalized spacial score (nSPS) is 27.2. The Hall–Kier alpha value is -1.09. The van der Waals surface area contributed by atoms with Gasteiger partial charge in [-0.05, 0) is 48.6 Å². The molecule has 19 heavy (non-hydrogen) atoms. The zero-order valence-electron chi connectivity index (χ0n) is 12.0. The summed E-state index contributed by atoms with van der Waals surface area (Å²) in [5.41, 5.74) is 2.24. The SMILES string of the molecule is CC(C)(C)c1cc(C2CC2)cn(C2CC(O)C2)c1=O. The summed E-state index contributed by atoms with van der Waals surface area (Å²) in [5, 5.41) is 9.48. The number of aliphatic hydroxyl groups is 1. The van der Waals surface area contributed by atoms with Crippen molar-refractivity contribution >= 4 is 0 Å². The Morgan fingerprint density at radius 1 is 1.26 bits per heavy atom. The van der Waals surface area contributed by atoms with Gasteiger partial charge in [-0.1, -0.05) is 20.8 Å². The predicted octanol–water partition coefficient (Wildman–Crippen LogP) is 2.72. The Morgan fingerprint density at radius 2 is 1.89 bits per heavy atom. The van der Waals surface area contributed by atoms with Crippen LogP contribution in [0.5, 0.6) is 0 Å². The summed E-state index contributed by atoms with van der Waals surface area (Å²) in [7, 11) is 0. The average Bonchev–Trinajstić information content (AvgIpc) is 3.08. The van der Waals surface area contributed by atoms with Crippen molar-refractivity contribution in [2.45, 2.75) is 69.9 Å². The first-order chi connectivity index (χ1) is 8.86. The van der Waals surface area contributed by atoms with Crippen LogP contribution in [-0.2, 0) is 5.41 Å². The maximum absolute atomic E-state index is 12.6. The number of nitrogens with zero attached hydrogens (tertiary/aromatic N) is 1. The predicted molar refractivity (Wildman–Crippen MR) is 75.7 cm³/mol. The van der Waals surface area contributed by atoms with Crippen LogP contribution in [0.2, 0.25) is 0 Å². The number of aromatic nitrogens is 1. The van der Waals surface area contributed by atoms with Gasteiger partial charge in [0.25, 0.3) is 5.56 Å². The molecule has 0 bridgehead atoms. The summed E-state index contributed by atoms with van der Waals surface area (Å²) >= 11 is 0. The van der Waals surface area contributed by atoms with Gasteiger partial charge in [-0.25, -0.2) is 0 Å². The molecule has 3 rings (SSSR count). The van der Waals surface area contributed by atoms with Gasteiger partial charge in [-0.2, -0.15) is 0 Å². The van der Waals surface area contributed by atoms with E-state index in [1.165, 1.54) is 18.4 Å². The van der Waals surface area contributed by atoms with Crippen molar-refractivity contribution in [2.75, 3.05) is 0 Å². The molecule has 0 radical (unpaired) electrons. The molecule has 3 nitrogen and oxygen atoms in total. The maximum atomic E-state index is 12.6. The van der Waals surface area contributed by atoms with Gasteiger partial charge in [0.05, 0.1) is 6.10 Å². The van der Waals surface area contributed by atoms with Crippen LogP contribution in [0.3, 0.4) is 0 Å². The molecule has 1 aromatic rings. The highest BCUT2D eigenvalue weighted by molar-refractivity contribution is 5.30. The van der Waals surface area contributed by atoms with Crippen molar-refractivity contribution in [3.63, 3.8) is 0 Å². The second kappa shape index (κ2) is 4.20. The smallest absolute Gasteiger partial charge is 0.254 e. The number of pyridine rings is 1. The molecule has 0 saturated heterocycles. The molecule has 0 unspecified atom stereocenters. The summed E-state index contributed by atoms with van der Waals surface area (Å²) in [6.07, 6.45) is 5.75. The van der Waals surface area contributed by atoms with Crippen LogP contribution >= 0.6 is 0 Å². The Morgan fingerprint density at radius 3 is 2.37 bits per heavy atom. The van der Waals surface area contributed by atoms with Crippen LogP contribution in [0.15, 0.2) is 17.1 Å². The minimum Gasteiger partial charge on any atom is -0.393 e. The molecule has 2 fully saturated rings. The number of aliphatic hydroxyl groups excluding tert-OH is 1. The van der Waals surface area contributed by atoms with Crippen LogP contribution in [0.1, 0.15) is 69.5 Å². The van der Waals surface area contributed by atoms with Gasteiger partial charge in [0.1, 0.15) is 0 Å². The Labute approximate surface area is 114 Å². The fraction of sp³-hybridized carbons (Fsp3) is 0.688. The highest BCUT2D eigenvalue weighted by atomic mass is 16.3. The second-order valence-electron chi connectivity index (χ2n) is 7.20. The van der Waals surface area contributed by atoms with E-state index in [-0.39, 0.29) is 23.1 Å². The third-order valence-corrected chi connectivity index (χ3v) is 4.40. The first-order valence-electron chi connectivity index (χ1n) is 7.31. The first-order valence-corrected chi connectivity index (χ1v) is 7.31. The lowest BCUT2D eigenvalue weighted by Gasteiger charge is -2.34. The molecule has 0 atom stereocenters. The van der Waals surface area contributed by atoms with E-state index in [1.807, 2.05) is 10.8 Å². The Balaban J connectivity index is 2.07. The van der Waals surface area contributed by atoms with E-state index in [0.29, 0.717) is 5.92 Å². The summed E-state index contributed by atoms with van der Waals surface area (Å²) < 4.78 is 1.89. The monoisotopic (exact) mass is 261 g/mol. The molecule has 104 valence electrons. The summed E-state index contributed by atoms with van der Waals surface area (Å²) in [5.74, 6) is 0.651. The fourth-order valence-corrected chi connectivity index (χ4v) is 2.86. The van der Waals surface area contributed by atoms with Gasteiger partial charge in [0, 0.05) is 17.8 Å². The summed E-state index contributed by atoms with van der Waals surface area (Å²) in [6, 6.07) is 2.31. The molecular weight excluding hydrogens is 238 g/mol. The quantitative estimate of drug-likeness (QED) is 0.889. The maximum Gasteiger partial charge on any atom is 0.254 e. The molecule has 2 aliphatic carbocycles.